The van der Waals surface area contributed by atoms with E-state index in [9.17, 15) is 4.79 Å². The number of hydrogen-bond donors (Lipinski definition) is 4. The molecule has 144 valence electrons. The zero-order valence-corrected chi connectivity index (χ0v) is 16.2. The van der Waals surface area contributed by atoms with Crippen LogP contribution in [0.25, 0.3) is 11.0 Å². The number of imidazole rings is 1. The van der Waals surface area contributed by atoms with Gasteiger partial charge in [0.1, 0.15) is 17.1 Å². The van der Waals surface area contributed by atoms with Gasteiger partial charge in [-0.15, -0.1) is 0 Å². The summed E-state index contributed by atoms with van der Waals surface area (Å²) in [6.45, 7) is 2.26. The molecule has 0 radical (unpaired) electrons. The lowest BCUT2D eigenvalue weighted by atomic mass is 10.2. The number of nitrogens with zero attached hydrogens (tertiary/aromatic N) is 2. The summed E-state index contributed by atoms with van der Waals surface area (Å²) in [5.74, 6) is 1.04. The second-order valence-corrected chi connectivity index (χ2v) is 7.60. The standard InChI is InChI=1S/C20H21ClN6O/c1-11-8-14(19(23)27(10-11)18(22)12-2-3-12)20(28)24-7-6-17-25-15-5-4-13(21)9-16(15)26-17/h4-5,8-10,12,22-23H,2-3,6-7H2,1H3,(H,24,28)(H,25,26). The van der Waals surface area contributed by atoms with Crippen molar-refractivity contribution < 1.29 is 4.79 Å². The van der Waals surface area contributed by atoms with Gasteiger partial charge in [-0.3, -0.25) is 20.2 Å². The minimum absolute atomic E-state index is 0.0541. The van der Waals surface area contributed by atoms with Crippen molar-refractivity contribution >= 4 is 34.4 Å². The van der Waals surface area contributed by atoms with E-state index in [0.29, 0.717) is 23.8 Å². The zero-order chi connectivity index (χ0) is 19.8. The number of fused-ring (bicyclic) bond motifs is 1. The fourth-order valence-corrected chi connectivity index (χ4v) is 3.36. The Morgan fingerprint density at radius 3 is 2.93 bits per heavy atom. The number of hydrogen-bond acceptors (Lipinski definition) is 4. The molecule has 0 saturated heterocycles. The second kappa shape index (κ2) is 7.24. The number of amides is 1. The normalized spacial score (nSPS) is 13.6. The Morgan fingerprint density at radius 1 is 1.39 bits per heavy atom. The Bertz CT molecular complexity index is 1140. The molecule has 4 rings (SSSR count). The van der Waals surface area contributed by atoms with Crippen molar-refractivity contribution in [3.05, 3.63) is 57.9 Å². The second-order valence-electron chi connectivity index (χ2n) is 7.16. The van der Waals surface area contributed by atoms with Crippen LogP contribution in [-0.4, -0.2) is 32.8 Å². The van der Waals surface area contributed by atoms with E-state index in [-0.39, 0.29) is 22.9 Å². The summed E-state index contributed by atoms with van der Waals surface area (Å²) in [7, 11) is 0. The van der Waals surface area contributed by atoms with Gasteiger partial charge in [-0.25, -0.2) is 4.98 Å². The number of carbonyl (C=O) groups excluding carboxylic acids is 1. The fraction of sp³-hybridized carbons (Fsp3) is 0.300. The summed E-state index contributed by atoms with van der Waals surface area (Å²) < 4.78 is 1.52. The highest BCUT2D eigenvalue weighted by atomic mass is 35.5. The molecule has 2 aromatic heterocycles. The molecule has 1 aliphatic rings. The average molecular weight is 397 g/mol. The molecule has 0 bridgehead atoms. The van der Waals surface area contributed by atoms with Crippen molar-refractivity contribution in [2.24, 2.45) is 5.92 Å². The van der Waals surface area contributed by atoms with Crippen molar-refractivity contribution in [3.8, 4) is 0 Å². The fourth-order valence-electron chi connectivity index (χ4n) is 3.19. The predicted molar refractivity (Wildman–Crippen MR) is 108 cm³/mol. The summed E-state index contributed by atoms with van der Waals surface area (Å²) in [4.78, 5) is 20.3. The van der Waals surface area contributed by atoms with E-state index in [2.05, 4.69) is 15.3 Å². The topological polar surface area (TPSA) is 110 Å². The van der Waals surface area contributed by atoms with Crippen LogP contribution in [-0.2, 0) is 6.42 Å². The molecule has 1 aromatic carbocycles. The molecule has 1 amide bonds. The third kappa shape index (κ3) is 3.71. The first-order valence-corrected chi connectivity index (χ1v) is 9.59. The molecule has 0 spiro atoms. The number of rotatable bonds is 5. The van der Waals surface area contributed by atoms with E-state index in [1.54, 1.807) is 18.3 Å². The van der Waals surface area contributed by atoms with E-state index in [0.717, 1.165) is 35.3 Å². The first-order chi connectivity index (χ1) is 13.4. The van der Waals surface area contributed by atoms with Gasteiger partial charge in [0.2, 0.25) is 0 Å². The number of aromatic nitrogens is 3. The number of H-pyrrole nitrogens is 1. The molecule has 1 fully saturated rings. The number of pyridine rings is 1. The van der Waals surface area contributed by atoms with Crippen molar-refractivity contribution in [2.75, 3.05) is 6.54 Å². The Hall–Kier alpha value is -2.93. The number of aromatic amines is 1. The highest BCUT2D eigenvalue weighted by Gasteiger charge is 2.28. The largest absolute Gasteiger partial charge is 0.351 e. The number of benzene rings is 1. The summed E-state index contributed by atoms with van der Waals surface area (Å²) in [6.07, 6.45) is 4.24. The predicted octanol–water partition coefficient (Wildman–Crippen LogP) is 3.01. The SMILES string of the molecule is Cc1cc(C(=O)NCCc2nc3ccc(Cl)cc3[nH]2)c(=N)n(C(=N)C2CC2)c1. The average Bonchev–Trinajstić information content (AvgIpc) is 3.43. The van der Waals surface area contributed by atoms with Crippen molar-refractivity contribution in [1.29, 1.82) is 10.8 Å². The molecule has 0 unspecified atom stereocenters. The smallest absolute Gasteiger partial charge is 0.255 e. The lowest BCUT2D eigenvalue weighted by Crippen LogP contribution is -2.37. The molecule has 2 heterocycles. The molecular formula is C20H21ClN6O. The third-order valence-electron chi connectivity index (χ3n) is 4.81. The highest BCUT2D eigenvalue weighted by Crippen LogP contribution is 2.30. The third-order valence-corrected chi connectivity index (χ3v) is 5.04. The zero-order valence-electron chi connectivity index (χ0n) is 15.5. The summed E-state index contributed by atoms with van der Waals surface area (Å²) in [6, 6.07) is 7.15. The lowest BCUT2D eigenvalue weighted by Gasteiger charge is -2.12. The van der Waals surface area contributed by atoms with Crippen LogP contribution in [0.3, 0.4) is 0 Å². The van der Waals surface area contributed by atoms with E-state index < -0.39 is 0 Å². The van der Waals surface area contributed by atoms with E-state index in [4.69, 9.17) is 22.4 Å². The first-order valence-electron chi connectivity index (χ1n) is 9.21. The van der Waals surface area contributed by atoms with Gasteiger partial charge in [0, 0.05) is 30.1 Å². The van der Waals surface area contributed by atoms with Gasteiger partial charge < -0.3 is 10.3 Å². The monoisotopic (exact) mass is 396 g/mol. The van der Waals surface area contributed by atoms with E-state index >= 15 is 0 Å². The van der Waals surface area contributed by atoms with Crippen LogP contribution < -0.4 is 10.8 Å². The van der Waals surface area contributed by atoms with Gasteiger partial charge in [0.15, 0.2) is 0 Å². The minimum Gasteiger partial charge on any atom is -0.351 e. The molecule has 28 heavy (non-hydrogen) atoms. The Labute approximate surface area is 166 Å². The molecule has 8 heteroatoms. The Kier molecular flexibility index (Phi) is 4.77. The van der Waals surface area contributed by atoms with Gasteiger partial charge in [0.25, 0.3) is 5.91 Å². The van der Waals surface area contributed by atoms with Crippen LogP contribution in [0.4, 0.5) is 0 Å². The summed E-state index contributed by atoms with van der Waals surface area (Å²) >= 11 is 5.99. The molecule has 0 atom stereocenters. The number of carbonyl (C=O) groups is 1. The maximum atomic E-state index is 12.6. The number of halogens is 1. The summed E-state index contributed by atoms with van der Waals surface area (Å²) in [5.41, 5.74) is 2.87. The molecule has 4 N–H and O–H groups in total. The summed E-state index contributed by atoms with van der Waals surface area (Å²) in [5, 5.41) is 20.1. The van der Waals surface area contributed by atoms with Gasteiger partial charge >= 0.3 is 0 Å². The van der Waals surface area contributed by atoms with Crippen LogP contribution in [0.15, 0.2) is 30.5 Å². The molecule has 0 aliphatic heterocycles. The molecule has 7 nitrogen and oxygen atoms in total. The van der Waals surface area contributed by atoms with Crippen molar-refractivity contribution in [2.45, 2.75) is 26.2 Å². The van der Waals surface area contributed by atoms with E-state index in [1.807, 2.05) is 19.1 Å². The molecule has 3 aromatic rings. The molecule has 1 aliphatic carbocycles. The quantitative estimate of drug-likeness (QED) is 0.392. The first kappa shape index (κ1) is 18.4. The Morgan fingerprint density at radius 2 is 2.18 bits per heavy atom. The van der Waals surface area contributed by atoms with Gasteiger partial charge in [-0.05, 0) is 49.6 Å². The van der Waals surface area contributed by atoms with Crippen molar-refractivity contribution in [1.82, 2.24) is 19.9 Å². The number of nitrogens with one attached hydrogen (secondary N) is 4. The maximum absolute atomic E-state index is 12.6. The van der Waals surface area contributed by atoms with Crippen LogP contribution in [0.1, 0.15) is 34.6 Å². The van der Waals surface area contributed by atoms with Crippen LogP contribution in [0.2, 0.25) is 5.02 Å². The lowest BCUT2D eigenvalue weighted by molar-refractivity contribution is 0.0951. The minimum atomic E-state index is -0.315. The van der Waals surface area contributed by atoms with Gasteiger partial charge in [-0.1, -0.05) is 11.6 Å². The van der Waals surface area contributed by atoms with E-state index in [1.165, 1.54) is 4.57 Å². The van der Waals surface area contributed by atoms with Crippen LogP contribution in [0.5, 0.6) is 0 Å². The number of aryl methyl sites for hydroxylation is 1. The Balaban J connectivity index is 1.46. The van der Waals surface area contributed by atoms with Crippen LogP contribution in [0, 0.1) is 23.7 Å². The van der Waals surface area contributed by atoms with Gasteiger partial charge in [-0.2, -0.15) is 0 Å². The van der Waals surface area contributed by atoms with Gasteiger partial charge in [0.05, 0.1) is 16.6 Å². The maximum Gasteiger partial charge on any atom is 0.255 e. The van der Waals surface area contributed by atoms with Crippen LogP contribution >= 0.6 is 11.6 Å². The van der Waals surface area contributed by atoms with Crippen molar-refractivity contribution in [3.63, 3.8) is 0 Å². The highest BCUT2D eigenvalue weighted by molar-refractivity contribution is 6.31. The molecule has 1 saturated carbocycles. The molecular weight excluding hydrogens is 376 g/mol.